The Labute approximate surface area is 61.2 Å². The largest absolute Gasteiger partial charge is 0.327 e. The van der Waals surface area contributed by atoms with Crippen molar-refractivity contribution in [2.45, 2.75) is 0 Å². The molecule has 5 heavy (non-hydrogen) atoms. The van der Waals surface area contributed by atoms with Crippen molar-refractivity contribution in [3.05, 3.63) is 0 Å². The second-order valence-corrected chi connectivity index (χ2v) is 0.362. The van der Waals surface area contributed by atoms with Crippen molar-refractivity contribution in [1.82, 2.24) is 5.32 Å². The third-order valence-corrected chi connectivity index (χ3v) is 0.112. The van der Waals surface area contributed by atoms with Crippen LogP contribution in [0.3, 0.4) is 0 Å². The molecule has 0 unspecified atom stereocenters. The van der Waals surface area contributed by atoms with E-state index < -0.39 is 0 Å². The average Bonchev–Trinajstić information content (AvgIpc) is 1.37. The van der Waals surface area contributed by atoms with Crippen molar-refractivity contribution >= 4 is 37.7 Å². The summed E-state index contributed by atoms with van der Waals surface area (Å²) >= 11 is 0. The molecule has 0 rings (SSSR count). The van der Waals surface area contributed by atoms with E-state index in [1.54, 1.807) is 13.2 Å². The predicted molar refractivity (Wildman–Crippen MR) is 20.4 cm³/mol. The molecule has 0 saturated heterocycles. The third kappa shape index (κ3) is 12.3. The van der Waals surface area contributed by atoms with E-state index >= 15 is 0 Å². The van der Waals surface area contributed by atoms with Gasteiger partial charge in [0, 0.05) is 44.8 Å². The van der Waals surface area contributed by atoms with E-state index in [1.807, 2.05) is 0 Å². The van der Waals surface area contributed by atoms with Crippen molar-refractivity contribution in [2.24, 2.45) is 0 Å². The van der Waals surface area contributed by atoms with Crippen LogP contribution < -0.4 is 5.32 Å². The summed E-state index contributed by atoms with van der Waals surface area (Å²) in [5, 5.41) is 9.75. The van der Waals surface area contributed by atoms with Crippen LogP contribution in [0.2, 0.25) is 0 Å². The van der Waals surface area contributed by atoms with E-state index in [0.717, 1.165) is 0 Å². The molecule has 2 radical (unpaired) electrons. The molecule has 0 aliphatic heterocycles. The standard InChI is InChI=1S/C2H4N2.Ca/c1-4-2-3;/h4H,1H3;. The first-order chi connectivity index (χ1) is 1.91. The SMILES string of the molecule is CNC#N.[Ca]. The summed E-state index contributed by atoms with van der Waals surface area (Å²) in [5.74, 6) is 0. The van der Waals surface area contributed by atoms with Gasteiger partial charge in [0.05, 0.1) is 0 Å². The summed E-state index contributed by atoms with van der Waals surface area (Å²) in [6.45, 7) is 0. The van der Waals surface area contributed by atoms with Gasteiger partial charge in [0.1, 0.15) is 0 Å². The normalized spacial score (nSPS) is 3.20. The van der Waals surface area contributed by atoms with E-state index in [-0.39, 0.29) is 37.7 Å². The third-order valence-electron chi connectivity index (χ3n) is 0.112. The van der Waals surface area contributed by atoms with Crippen LogP contribution in [0.25, 0.3) is 0 Å². The van der Waals surface area contributed by atoms with Crippen LogP contribution in [0.5, 0.6) is 0 Å². The maximum atomic E-state index is 7.51. The number of hydrogen-bond acceptors (Lipinski definition) is 2. The maximum Gasteiger partial charge on any atom is 0.176 e. The number of nitriles is 1. The van der Waals surface area contributed by atoms with E-state index in [1.165, 1.54) is 0 Å². The van der Waals surface area contributed by atoms with Crippen LogP contribution in [-0.4, -0.2) is 44.8 Å². The molecular weight excluding hydrogens is 92.1 g/mol. The van der Waals surface area contributed by atoms with Crippen LogP contribution in [0.15, 0.2) is 0 Å². The van der Waals surface area contributed by atoms with Crippen LogP contribution in [0.1, 0.15) is 0 Å². The Morgan fingerprint density at radius 3 is 2.00 bits per heavy atom. The number of nitrogens with zero attached hydrogens (tertiary/aromatic N) is 1. The average molecular weight is 96.1 g/mol. The summed E-state index contributed by atoms with van der Waals surface area (Å²) in [6.07, 6.45) is 1.68. The molecular formula is C2H4CaN2. The molecule has 0 aromatic carbocycles. The zero-order chi connectivity index (χ0) is 3.41. The molecule has 0 aliphatic rings. The Morgan fingerprint density at radius 2 is 2.00 bits per heavy atom. The summed E-state index contributed by atoms with van der Waals surface area (Å²) in [5.41, 5.74) is 0. The molecule has 0 aliphatic carbocycles. The fourth-order valence-electron chi connectivity index (χ4n) is 0. The summed E-state index contributed by atoms with van der Waals surface area (Å²) in [6, 6.07) is 0. The van der Waals surface area contributed by atoms with Crippen molar-refractivity contribution in [3.8, 4) is 6.19 Å². The summed E-state index contributed by atoms with van der Waals surface area (Å²) < 4.78 is 0. The molecule has 0 saturated carbocycles. The van der Waals surface area contributed by atoms with Crippen LogP contribution in [0.4, 0.5) is 0 Å². The Hall–Kier alpha value is 0.550. The van der Waals surface area contributed by atoms with E-state index in [0.29, 0.717) is 0 Å². The van der Waals surface area contributed by atoms with Crippen molar-refractivity contribution < 1.29 is 0 Å². The second kappa shape index (κ2) is 8.82. The Morgan fingerprint density at radius 1 is 1.80 bits per heavy atom. The van der Waals surface area contributed by atoms with Gasteiger partial charge in [-0.3, -0.25) is 0 Å². The monoisotopic (exact) mass is 96.0 g/mol. The maximum absolute atomic E-state index is 7.51. The molecule has 1 N–H and O–H groups in total. The molecule has 0 bridgehead atoms. The van der Waals surface area contributed by atoms with Gasteiger partial charge < -0.3 is 5.32 Å². The minimum absolute atomic E-state index is 0. The van der Waals surface area contributed by atoms with Crippen LogP contribution in [0, 0.1) is 11.5 Å². The predicted octanol–water partition coefficient (Wildman–Crippen LogP) is -0.694. The molecule has 0 amide bonds. The minimum atomic E-state index is 0. The van der Waals surface area contributed by atoms with Crippen molar-refractivity contribution in [1.29, 1.82) is 5.26 Å². The second-order valence-electron chi connectivity index (χ2n) is 0.362. The molecule has 0 aromatic heterocycles. The van der Waals surface area contributed by atoms with Gasteiger partial charge in [-0.1, -0.05) is 0 Å². The zero-order valence-electron chi connectivity index (χ0n) is 3.15. The van der Waals surface area contributed by atoms with Gasteiger partial charge >= 0.3 is 0 Å². The van der Waals surface area contributed by atoms with Gasteiger partial charge in [0.25, 0.3) is 0 Å². The fraction of sp³-hybridized carbons (Fsp3) is 0.500. The van der Waals surface area contributed by atoms with Gasteiger partial charge in [-0.2, -0.15) is 5.26 Å². The van der Waals surface area contributed by atoms with Gasteiger partial charge in [-0.05, 0) is 0 Å². The van der Waals surface area contributed by atoms with Crippen LogP contribution in [-0.2, 0) is 0 Å². The quantitative estimate of drug-likeness (QED) is 0.246. The molecule has 2 nitrogen and oxygen atoms in total. The fourth-order valence-corrected chi connectivity index (χ4v) is 0. The molecule has 0 fully saturated rings. The van der Waals surface area contributed by atoms with Crippen LogP contribution >= 0.6 is 0 Å². The summed E-state index contributed by atoms with van der Waals surface area (Å²) in [7, 11) is 1.57. The van der Waals surface area contributed by atoms with Gasteiger partial charge in [0.2, 0.25) is 0 Å². The Balaban J connectivity index is 0. The molecule has 0 heterocycles. The first kappa shape index (κ1) is 9.12. The Bertz CT molecular complexity index is 37.4. The molecule has 0 aromatic rings. The first-order valence-corrected chi connectivity index (χ1v) is 0.974. The number of hydrogen-bond donors (Lipinski definition) is 1. The molecule has 0 atom stereocenters. The smallest absolute Gasteiger partial charge is 0.176 e. The Kier molecular flexibility index (Phi) is 16.1. The number of nitrogens with one attached hydrogen (secondary N) is 1. The van der Waals surface area contributed by atoms with E-state index in [9.17, 15) is 0 Å². The van der Waals surface area contributed by atoms with E-state index in [2.05, 4.69) is 5.32 Å². The number of rotatable bonds is 0. The van der Waals surface area contributed by atoms with Gasteiger partial charge in [-0.25, -0.2) is 0 Å². The van der Waals surface area contributed by atoms with E-state index in [4.69, 9.17) is 5.26 Å². The summed E-state index contributed by atoms with van der Waals surface area (Å²) in [4.78, 5) is 0. The van der Waals surface area contributed by atoms with Gasteiger partial charge in [-0.15, -0.1) is 0 Å². The van der Waals surface area contributed by atoms with Crippen molar-refractivity contribution in [2.75, 3.05) is 7.05 Å². The molecule has 24 valence electrons. The minimum Gasteiger partial charge on any atom is -0.327 e. The molecule has 3 heteroatoms. The topological polar surface area (TPSA) is 35.8 Å². The van der Waals surface area contributed by atoms with Gasteiger partial charge in [0.15, 0.2) is 6.19 Å². The molecule has 0 spiro atoms. The first-order valence-electron chi connectivity index (χ1n) is 0.974. The zero-order valence-corrected chi connectivity index (χ0v) is 5.36. The van der Waals surface area contributed by atoms with Crippen molar-refractivity contribution in [3.63, 3.8) is 0 Å².